The van der Waals surface area contributed by atoms with E-state index in [0.29, 0.717) is 0 Å². The number of benzene rings is 1. The maximum Gasteiger partial charge on any atom is 0.106 e. The third-order valence-electron chi connectivity index (χ3n) is 2.65. The van der Waals surface area contributed by atoms with E-state index < -0.39 is 0 Å². The molecule has 0 bridgehead atoms. The highest BCUT2D eigenvalue weighted by molar-refractivity contribution is 9.10. The van der Waals surface area contributed by atoms with Gasteiger partial charge in [0.1, 0.15) is 5.82 Å². The largest absolute Gasteiger partial charge is 0.349 e. The van der Waals surface area contributed by atoms with Crippen molar-refractivity contribution < 1.29 is 0 Å². The molecule has 0 saturated carbocycles. The van der Waals surface area contributed by atoms with Crippen molar-refractivity contribution >= 4 is 27.5 Å². The van der Waals surface area contributed by atoms with Crippen LogP contribution >= 0.6 is 27.5 Å². The number of halogens is 2. The maximum absolute atomic E-state index is 6.14. The summed E-state index contributed by atoms with van der Waals surface area (Å²) in [6, 6.07) is 5.96. The van der Waals surface area contributed by atoms with Crippen LogP contribution in [-0.2, 0) is 13.0 Å². The molecule has 0 aliphatic rings. The van der Waals surface area contributed by atoms with Gasteiger partial charge in [-0.1, -0.05) is 33.6 Å². The van der Waals surface area contributed by atoms with Crippen LogP contribution in [-0.4, -0.2) is 16.5 Å². The maximum atomic E-state index is 6.14. The van der Waals surface area contributed by atoms with E-state index in [9.17, 15) is 0 Å². The average molecular weight is 329 g/mol. The van der Waals surface area contributed by atoms with Gasteiger partial charge in [0, 0.05) is 34.9 Å². The van der Waals surface area contributed by atoms with Crippen molar-refractivity contribution in [3.05, 3.63) is 51.5 Å². The zero-order valence-electron chi connectivity index (χ0n) is 9.92. The fourth-order valence-electron chi connectivity index (χ4n) is 1.70. The van der Waals surface area contributed by atoms with Crippen LogP contribution in [0.2, 0.25) is 5.02 Å². The van der Waals surface area contributed by atoms with Gasteiger partial charge in [0.25, 0.3) is 0 Å². The molecule has 0 aliphatic carbocycles. The van der Waals surface area contributed by atoms with Gasteiger partial charge < -0.3 is 10.3 Å². The van der Waals surface area contributed by atoms with E-state index in [4.69, 9.17) is 11.6 Å². The average Bonchev–Trinajstić information content (AvgIpc) is 2.84. The molecule has 0 saturated heterocycles. The van der Waals surface area contributed by atoms with Gasteiger partial charge in [-0.05, 0) is 30.7 Å². The summed E-state index contributed by atoms with van der Waals surface area (Å²) in [5.74, 6) is 1.04. The van der Waals surface area contributed by atoms with Crippen LogP contribution in [0.25, 0.3) is 0 Å². The van der Waals surface area contributed by atoms with E-state index in [-0.39, 0.29) is 0 Å². The molecule has 1 heterocycles. The minimum Gasteiger partial charge on any atom is -0.349 e. The second kappa shape index (κ2) is 6.92. The predicted octanol–water partition coefficient (Wildman–Crippen LogP) is 3.55. The van der Waals surface area contributed by atoms with Gasteiger partial charge in [-0.3, -0.25) is 0 Å². The fourth-order valence-corrected chi connectivity index (χ4v) is 2.44. The van der Waals surface area contributed by atoms with Crippen LogP contribution in [0.4, 0.5) is 0 Å². The number of nitrogens with zero attached hydrogens (tertiary/aromatic N) is 1. The Morgan fingerprint density at radius 3 is 3.00 bits per heavy atom. The molecule has 0 spiro atoms. The Hall–Kier alpha value is -0.840. The number of nitrogens with one attached hydrogen (secondary N) is 2. The summed E-state index contributed by atoms with van der Waals surface area (Å²) in [5.41, 5.74) is 1.12. The molecule has 2 aromatic rings. The topological polar surface area (TPSA) is 40.7 Å². The van der Waals surface area contributed by atoms with Crippen molar-refractivity contribution in [1.29, 1.82) is 0 Å². The van der Waals surface area contributed by atoms with Crippen molar-refractivity contribution in [3.8, 4) is 0 Å². The van der Waals surface area contributed by atoms with Crippen molar-refractivity contribution in [2.24, 2.45) is 0 Å². The van der Waals surface area contributed by atoms with E-state index in [1.165, 1.54) is 0 Å². The molecule has 0 atom stereocenters. The lowest BCUT2D eigenvalue weighted by molar-refractivity contribution is 0.641. The summed E-state index contributed by atoms with van der Waals surface area (Å²) in [4.78, 5) is 7.28. The van der Waals surface area contributed by atoms with Crippen LogP contribution in [0.5, 0.6) is 0 Å². The Morgan fingerprint density at radius 1 is 1.39 bits per heavy atom. The summed E-state index contributed by atoms with van der Waals surface area (Å²) in [6.45, 7) is 1.75. The first-order chi connectivity index (χ1) is 8.75. The lowest BCUT2D eigenvalue weighted by Crippen LogP contribution is -2.15. The van der Waals surface area contributed by atoms with Crippen LogP contribution in [0.3, 0.4) is 0 Å². The number of hydrogen-bond acceptors (Lipinski definition) is 2. The molecule has 2 rings (SSSR count). The third-order valence-corrected chi connectivity index (χ3v) is 3.50. The lowest BCUT2D eigenvalue weighted by atomic mass is 10.2. The smallest absolute Gasteiger partial charge is 0.106 e. The van der Waals surface area contributed by atoms with Crippen molar-refractivity contribution in [3.63, 3.8) is 0 Å². The van der Waals surface area contributed by atoms with E-state index in [1.54, 1.807) is 6.20 Å². The fraction of sp³-hybridized carbons (Fsp3) is 0.308. The van der Waals surface area contributed by atoms with E-state index in [0.717, 1.165) is 46.8 Å². The zero-order chi connectivity index (χ0) is 12.8. The molecule has 0 fully saturated rings. The van der Waals surface area contributed by atoms with Gasteiger partial charge in [-0.15, -0.1) is 0 Å². The summed E-state index contributed by atoms with van der Waals surface area (Å²) < 4.78 is 1.01. The van der Waals surface area contributed by atoms with E-state index >= 15 is 0 Å². The zero-order valence-corrected chi connectivity index (χ0v) is 12.3. The molecule has 18 heavy (non-hydrogen) atoms. The van der Waals surface area contributed by atoms with E-state index in [2.05, 4.69) is 31.2 Å². The highest BCUT2D eigenvalue weighted by Gasteiger charge is 2.00. The molecule has 2 N–H and O–H groups in total. The van der Waals surface area contributed by atoms with Gasteiger partial charge >= 0.3 is 0 Å². The van der Waals surface area contributed by atoms with E-state index in [1.807, 2.05) is 24.4 Å². The second-order valence-electron chi connectivity index (χ2n) is 4.05. The summed E-state index contributed by atoms with van der Waals surface area (Å²) in [6.07, 6.45) is 5.66. The number of aromatic nitrogens is 2. The number of aryl methyl sites for hydroxylation is 1. The van der Waals surface area contributed by atoms with Gasteiger partial charge in [0.05, 0.1) is 0 Å². The van der Waals surface area contributed by atoms with Crippen LogP contribution in [0, 0.1) is 0 Å². The molecule has 0 radical (unpaired) electrons. The second-order valence-corrected chi connectivity index (χ2v) is 5.37. The molecule has 1 aromatic heterocycles. The SMILES string of the molecule is Clc1cc(Br)ccc1CNCCCc1ncc[nH]1. The van der Waals surface area contributed by atoms with Gasteiger partial charge in [0.2, 0.25) is 0 Å². The number of rotatable bonds is 6. The Kier molecular flexibility index (Phi) is 5.23. The molecule has 0 amide bonds. The Bertz CT molecular complexity index is 485. The minimum atomic E-state index is 0.794. The minimum absolute atomic E-state index is 0.794. The monoisotopic (exact) mass is 327 g/mol. The number of imidazole rings is 1. The summed E-state index contributed by atoms with van der Waals surface area (Å²) in [7, 11) is 0. The highest BCUT2D eigenvalue weighted by Crippen LogP contribution is 2.21. The van der Waals surface area contributed by atoms with Gasteiger partial charge in [-0.25, -0.2) is 4.98 Å². The molecule has 0 unspecified atom stereocenters. The molecule has 1 aromatic carbocycles. The first-order valence-electron chi connectivity index (χ1n) is 5.88. The molecule has 5 heteroatoms. The first-order valence-corrected chi connectivity index (χ1v) is 7.05. The van der Waals surface area contributed by atoms with Crippen LogP contribution in [0.15, 0.2) is 35.1 Å². The van der Waals surface area contributed by atoms with Gasteiger partial charge in [0.15, 0.2) is 0 Å². The number of H-pyrrole nitrogens is 1. The molecule has 0 aliphatic heterocycles. The van der Waals surface area contributed by atoms with Crippen LogP contribution < -0.4 is 5.32 Å². The predicted molar refractivity (Wildman–Crippen MR) is 77.8 cm³/mol. The Morgan fingerprint density at radius 2 is 2.28 bits per heavy atom. The quantitative estimate of drug-likeness (QED) is 0.796. The highest BCUT2D eigenvalue weighted by atomic mass is 79.9. The molecule has 96 valence electrons. The molecule has 3 nitrogen and oxygen atoms in total. The normalized spacial score (nSPS) is 10.8. The number of hydrogen-bond donors (Lipinski definition) is 2. The lowest BCUT2D eigenvalue weighted by Gasteiger charge is -2.06. The Balaban J connectivity index is 1.69. The van der Waals surface area contributed by atoms with Crippen molar-refractivity contribution in [1.82, 2.24) is 15.3 Å². The first kappa shape index (κ1) is 13.6. The van der Waals surface area contributed by atoms with Crippen molar-refractivity contribution in [2.75, 3.05) is 6.54 Å². The van der Waals surface area contributed by atoms with Crippen LogP contribution in [0.1, 0.15) is 17.8 Å². The summed E-state index contributed by atoms with van der Waals surface area (Å²) >= 11 is 9.53. The third kappa shape index (κ3) is 4.12. The standard InChI is InChI=1S/C13H15BrClN3/c14-11-4-3-10(12(15)8-11)9-16-5-1-2-13-17-6-7-18-13/h3-4,6-8,16H,1-2,5,9H2,(H,17,18). The number of aromatic amines is 1. The Labute approximate surface area is 120 Å². The summed E-state index contributed by atoms with van der Waals surface area (Å²) in [5, 5.41) is 4.18. The molecular formula is C13H15BrClN3. The van der Waals surface area contributed by atoms with Crippen molar-refractivity contribution in [2.45, 2.75) is 19.4 Å². The van der Waals surface area contributed by atoms with Gasteiger partial charge in [-0.2, -0.15) is 0 Å². The molecular weight excluding hydrogens is 314 g/mol.